The Morgan fingerprint density at radius 1 is 1.14 bits per heavy atom. The van der Waals surface area contributed by atoms with Crippen molar-refractivity contribution in [1.82, 2.24) is 10.2 Å². The molecule has 29 heavy (non-hydrogen) atoms. The third-order valence-electron chi connectivity index (χ3n) is 5.01. The number of benzene rings is 2. The molecule has 2 aromatic carbocycles. The van der Waals surface area contributed by atoms with Gasteiger partial charge >= 0.3 is 0 Å². The Bertz CT molecular complexity index is 835. The van der Waals surface area contributed by atoms with E-state index < -0.39 is 6.04 Å². The Hall–Kier alpha value is -2.86. The molecule has 1 aliphatic rings. The van der Waals surface area contributed by atoms with Crippen LogP contribution in [-0.2, 0) is 16.0 Å². The van der Waals surface area contributed by atoms with Crippen molar-refractivity contribution >= 4 is 11.8 Å². The molecule has 154 valence electrons. The summed E-state index contributed by atoms with van der Waals surface area (Å²) in [6.45, 7) is 4.15. The van der Waals surface area contributed by atoms with Gasteiger partial charge in [-0.05, 0) is 49.1 Å². The van der Waals surface area contributed by atoms with Crippen LogP contribution in [0.25, 0.3) is 0 Å². The molecule has 0 spiro atoms. The summed E-state index contributed by atoms with van der Waals surface area (Å²) >= 11 is 0. The zero-order chi connectivity index (χ0) is 20.6. The molecule has 1 aliphatic heterocycles. The summed E-state index contributed by atoms with van der Waals surface area (Å²) in [6, 6.07) is 14.6. The van der Waals surface area contributed by atoms with Gasteiger partial charge in [0.1, 0.15) is 11.8 Å². The molecule has 3 rings (SSSR count). The molecule has 2 amide bonds. The zero-order valence-electron chi connectivity index (χ0n) is 17.0. The van der Waals surface area contributed by atoms with Gasteiger partial charge in [-0.15, -0.1) is 0 Å². The van der Waals surface area contributed by atoms with Crippen LogP contribution in [0.1, 0.15) is 40.9 Å². The summed E-state index contributed by atoms with van der Waals surface area (Å²) in [7, 11) is 1.64. The number of rotatable bonds is 10. The first-order chi connectivity index (χ1) is 14.2. The average molecular weight is 396 g/mol. The lowest BCUT2D eigenvalue weighted by molar-refractivity contribution is -0.125. The molecule has 1 heterocycles. The topological polar surface area (TPSA) is 67.9 Å². The number of methoxy groups -OCH3 is 1. The highest BCUT2D eigenvalue weighted by Crippen LogP contribution is 2.33. The number of ether oxygens (including phenoxy) is 2. The van der Waals surface area contributed by atoms with Crippen LogP contribution in [0, 0.1) is 0 Å². The van der Waals surface area contributed by atoms with Crippen molar-refractivity contribution in [2.45, 2.75) is 25.8 Å². The van der Waals surface area contributed by atoms with Gasteiger partial charge in [0, 0.05) is 32.4 Å². The van der Waals surface area contributed by atoms with E-state index >= 15 is 0 Å². The fourth-order valence-corrected chi connectivity index (χ4v) is 3.58. The van der Waals surface area contributed by atoms with Gasteiger partial charge < -0.3 is 19.7 Å². The summed E-state index contributed by atoms with van der Waals surface area (Å²) in [4.78, 5) is 27.5. The smallest absolute Gasteiger partial charge is 0.255 e. The van der Waals surface area contributed by atoms with Crippen LogP contribution >= 0.6 is 0 Å². The van der Waals surface area contributed by atoms with Crippen LogP contribution in [0.5, 0.6) is 5.75 Å². The van der Waals surface area contributed by atoms with Gasteiger partial charge in [0.15, 0.2) is 0 Å². The van der Waals surface area contributed by atoms with Gasteiger partial charge in [-0.3, -0.25) is 9.59 Å². The van der Waals surface area contributed by atoms with Crippen LogP contribution in [-0.4, -0.2) is 50.1 Å². The highest BCUT2D eigenvalue weighted by Gasteiger charge is 2.40. The van der Waals surface area contributed by atoms with Crippen LogP contribution < -0.4 is 10.1 Å². The first-order valence-electron chi connectivity index (χ1n) is 10.0. The molecule has 0 fully saturated rings. The lowest BCUT2D eigenvalue weighted by Crippen LogP contribution is -2.40. The van der Waals surface area contributed by atoms with Crippen molar-refractivity contribution in [1.29, 1.82) is 0 Å². The van der Waals surface area contributed by atoms with E-state index in [-0.39, 0.29) is 11.8 Å². The third-order valence-corrected chi connectivity index (χ3v) is 5.01. The van der Waals surface area contributed by atoms with E-state index in [0.717, 1.165) is 23.3 Å². The van der Waals surface area contributed by atoms with E-state index in [1.54, 1.807) is 18.1 Å². The maximum atomic E-state index is 13.0. The molecule has 1 N–H and O–H groups in total. The van der Waals surface area contributed by atoms with Crippen LogP contribution in [0.2, 0.25) is 0 Å². The molecule has 0 aromatic heterocycles. The Morgan fingerprint density at radius 2 is 1.90 bits per heavy atom. The standard InChI is InChI=1S/C23H28N2O4/c1-3-29-18-11-9-17(10-12-18)13-15-25-21(22(26)24-14-6-16-28-2)19-7-4-5-8-20(19)23(25)27/h4-5,7-12,21H,3,6,13-16H2,1-2H3,(H,24,26). The second kappa shape index (κ2) is 10.1. The normalized spacial score (nSPS) is 15.3. The van der Waals surface area contributed by atoms with Crippen LogP contribution in [0.3, 0.4) is 0 Å². The SMILES string of the molecule is CCOc1ccc(CCN2C(=O)c3ccccc3C2C(=O)NCCCOC)cc1. The van der Waals surface area contributed by atoms with Crippen molar-refractivity contribution in [2.75, 3.05) is 33.4 Å². The highest BCUT2D eigenvalue weighted by molar-refractivity contribution is 6.04. The Labute approximate surface area is 171 Å². The molecule has 6 nitrogen and oxygen atoms in total. The zero-order valence-corrected chi connectivity index (χ0v) is 17.0. The molecular formula is C23H28N2O4. The molecule has 0 aliphatic carbocycles. The van der Waals surface area contributed by atoms with Gasteiger partial charge in [0.2, 0.25) is 5.91 Å². The number of nitrogens with zero attached hydrogens (tertiary/aromatic N) is 1. The van der Waals surface area contributed by atoms with E-state index in [9.17, 15) is 9.59 Å². The Kier molecular flexibility index (Phi) is 7.25. The summed E-state index contributed by atoms with van der Waals surface area (Å²) in [5.41, 5.74) is 2.47. The largest absolute Gasteiger partial charge is 0.494 e. The van der Waals surface area contributed by atoms with E-state index in [1.807, 2.05) is 49.4 Å². The minimum atomic E-state index is -0.594. The predicted molar refractivity (Wildman–Crippen MR) is 111 cm³/mol. The Morgan fingerprint density at radius 3 is 2.62 bits per heavy atom. The molecular weight excluding hydrogens is 368 g/mol. The van der Waals surface area contributed by atoms with Crippen molar-refractivity contribution in [3.8, 4) is 5.75 Å². The van der Waals surface area contributed by atoms with Crippen molar-refractivity contribution < 1.29 is 19.1 Å². The molecule has 0 bridgehead atoms. The Balaban J connectivity index is 1.71. The number of carbonyl (C=O) groups excluding carboxylic acids is 2. The van der Waals surface area contributed by atoms with Crippen LogP contribution in [0.4, 0.5) is 0 Å². The van der Waals surface area contributed by atoms with Gasteiger partial charge in [-0.1, -0.05) is 30.3 Å². The highest BCUT2D eigenvalue weighted by atomic mass is 16.5. The number of hydrogen-bond acceptors (Lipinski definition) is 4. The second-order valence-electron chi connectivity index (χ2n) is 6.95. The predicted octanol–water partition coefficient (Wildman–Crippen LogP) is 2.98. The summed E-state index contributed by atoms with van der Waals surface area (Å²) in [5, 5.41) is 2.94. The minimum absolute atomic E-state index is 0.0939. The van der Waals surface area contributed by atoms with E-state index in [0.29, 0.717) is 38.3 Å². The first kappa shape index (κ1) is 20.9. The monoisotopic (exact) mass is 396 g/mol. The molecule has 6 heteroatoms. The number of hydrogen-bond donors (Lipinski definition) is 1. The quantitative estimate of drug-likeness (QED) is 0.627. The van der Waals surface area contributed by atoms with Crippen molar-refractivity contribution in [2.24, 2.45) is 0 Å². The van der Waals surface area contributed by atoms with E-state index in [2.05, 4.69) is 5.32 Å². The summed E-state index contributed by atoms with van der Waals surface area (Å²) < 4.78 is 10.5. The van der Waals surface area contributed by atoms with Gasteiger partial charge in [0.25, 0.3) is 5.91 Å². The number of amides is 2. The molecule has 2 aromatic rings. The van der Waals surface area contributed by atoms with E-state index in [1.165, 1.54) is 0 Å². The third kappa shape index (κ3) is 4.95. The first-order valence-corrected chi connectivity index (χ1v) is 10.0. The average Bonchev–Trinajstić information content (AvgIpc) is 3.03. The lowest BCUT2D eigenvalue weighted by atomic mass is 10.0. The fourth-order valence-electron chi connectivity index (χ4n) is 3.58. The van der Waals surface area contributed by atoms with Gasteiger partial charge in [-0.2, -0.15) is 0 Å². The van der Waals surface area contributed by atoms with Gasteiger partial charge in [-0.25, -0.2) is 0 Å². The lowest BCUT2D eigenvalue weighted by Gasteiger charge is -2.24. The van der Waals surface area contributed by atoms with Gasteiger partial charge in [0.05, 0.1) is 6.61 Å². The maximum absolute atomic E-state index is 13.0. The molecule has 0 saturated carbocycles. The number of fused-ring (bicyclic) bond motifs is 1. The maximum Gasteiger partial charge on any atom is 0.255 e. The molecule has 1 atom stereocenters. The molecule has 0 saturated heterocycles. The molecule has 1 unspecified atom stereocenters. The second-order valence-corrected chi connectivity index (χ2v) is 6.95. The summed E-state index contributed by atoms with van der Waals surface area (Å²) in [6.07, 6.45) is 1.40. The number of nitrogens with one attached hydrogen (secondary N) is 1. The van der Waals surface area contributed by atoms with Crippen molar-refractivity contribution in [3.63, 3.8) is 0 Å². The number of carbonyl (C=O) groups is 2. The minimum Gasteiger partial charge on any atom is -0.494 e. The summed E-state index contributed by atoms with van der Waals surface area (Å²) in [5.74, 6) is 0.587. The molecule has 0 radical (unpaired) electrons. The van der Waals surface area contributed by atoms with Crippen molar-refractivity contribution in [3.05, 3.63) is 65.2 Å². The van der Waals surface area contributed by atoms with E-state index in [4.69, 9.17) is 9.47 Å². The fraction of sp³-hybridized carbons (Fsp3) is 0.391. The van der Waals surface area contributed by atoms with Crippen LogP contribution in [0.15, 0.2) is 48.5 Å².